The van der Waals surface area contributed by atoms with Gasteiger partial charge in [-0.25, -0.2) is 0 Å². The molecule has 18 heavy (non-hydrogen) atoms. The number of aromatic nitrogens is 3. The van der Waals surface area contributed by atoms with E-state index in [1.807, 2.05) is 30.3 Å². The Morgan fingerprint density at radius 2 is 2.11 bits per heavy atom. The molecule has 0 bridgehead atoms. The van der Waals surface area contributed by atoms with Crippen molar-refractivity contribution in [1.82, 2.24) is 20.3 Å². The summed E-state index contributed by atoms with van der Waals surface area (Å²) in [5.41, 5.74) is 1.90. The molecule has 0 fully saturated rings. The first-order valence-electron chi connectivity index (χ1n) is 6.01. The maximum absolute atomic E-state index is 5.19. The number of hydrogen-bond donors (Lipinski definition) is 1. The molecule has 0 unspecified atom stereocenters. The van der Waals surface area contributed by atoms with E-state index in [1.54, 1.807) is 11.0 Å². The van der Waals surface area contributed by atoms with Crippen molar-refractivity contribution in [3.05, 3.63) is 42.2 Å². The van der Waals surface area contributed by atoms with Crippen LogP contribution in [0.15, 0.2) is 36.5 Å². The van der Waals surface area contributed by atoms with Crippen LogP contribution in [0.3, 0.4) is 0 Å². The predicted octanol–water partition coefficient (Wildman–Crippen LogP) is 1.77. The minimum absolute atomic E-state index is 0.720. The van der Waals surface area contributed by atoms with E-state index in [0.29, 0.717) is 0 Å². The fraction of sp³-hybridized carbons (Fsp3) is 0.286. The van der Waals surface area contributed by atoms with E-state index in [-0.39, 0.29) is 0 Å². The van der Waals surface area contributed by atoms with E-state index in [4.69, 9.17) is 6.42 Å². The average molecular weight is 240 g/mol. The number of hydrogen-bond acceptors (Lipinski definition) is 3. The third-order valence-corrected chi connectivity index (χ3v) is 2.51. The van der Waals surface area contributed by atoms with Crippen LogP contribution in [0.25, 0.3) is 5.69 Å². The van der Waals surface area contributed by atoms with Crippen molar-refractivity contribution < 1.29 is 0 Å². The minimum atomic E-state index is 0.720. The van der Waals surface area contributed by atoms with Crippen LogP contribution in [0.2, 0.25) is 0 Å². The Bertz CT molecular complexity index is 510. The van der Waals surface area contributed by atoms with E-state index in [2.05, 4.69) is 21.4 Å². The van der Waals surface area contributed by atoms with Gasteiger partial charge < -0.3 is 5.32 Å². The van der Waals surface area contributed by atoms with Gasteiger partial charge in [-0.05, 0) is 25.1 Å². The van der Waals surface area contributed by atoms with Crippen LogP contribution in [0.5, 0.6) is 0 Å². The van der Waals surface area contributed by atoms with Gasteiger partial charge >= 0.3 is 0 Å². The third-order valence-electron chi connectivity index (χ3n) is 2.51. The highest BCUT2D eigenvalue weighted by molar-refractivity contribution is 5.28. The van der Waals surface area contributed by atoms with Gasteiger partial charge in [0, 0.05) is 13.0 Å². The summed E-state index contributed by atoms with van der Waals surface area (Å²) in [5.74, 6) is 2.62. The molecule has 4 heteroatoms. The van der Waals surface area contributed by atoms with E-state index in [1.165, 1.54) is 0 Å². The summed E-state index contributed by atoms with van der Waals surface area (Å²) in [6.45, 7) is 1.62. The molecule has 1 aromatic heterocycles. The summed E-state index contributed by atoms with van der Waals surface area (Å²) in [4.78, 5) is 1.64. The molecule has 0 saturated carbocycles. The molecule has 2 rings (SSSR count). The van der Waals surface area contributed by atoms with Crippen molar-refractivity contribution in [2.24, 2.45) is 0 Å². The Morgan fingerprint density at radius 1 is 1.28 bits per heavy atom. The van der Waals surface area contributed by atoms with Gasteiger partial charge in [-0.15, -0.1) is 12.3 Å². The lowest BCUT2D eigenvalue weighted by atomic mass is 10.3. The number of para-hydroxylation sites is 1. The Hall–Kier alpha value is -2.12. The monoisotopic (exact) mass is 240 g/mol. The van der Waals surface area contributed by atoms with Crippen LogP contribution in [-0.4, -0.2) is 21.5 Å². The molecule has 0 aliphatic carbocycles. The second kappa shape index (κ2) is 6.58. The molecular formula is C14H16N4. The predicted molar refractivity (Wildman–Crippen MR) is 71.1 cm³/mol. The highest BCUT2D eigenvalue weighted by atomic mass is 15.5. The first-order chi connectivity index (χ1) is 8.90. The Labute approximate surface area is 107 Å². The van der Waals surface area contributed by atoms with Crippen LogP contribution in [-0.2, 0) is 6.54 Å². The van der Waals surface area contributed by atoms with Crippen molar-refractivity contribution in [2.45, 2.75) is 19.4 Å². The Kier molecular flexibility index (Phi) is 4.51. The average Bonchev–Trinajstić information content (AvgIpc) is 2.88. The first-order valence-corrected chi connectivity index (χ1v) is 6.01. The molecule has 0 spiro atoms. The van der Waals surface area contributed by atoms with Crippen molar-refractivity contribution in [1.29, 1.82) is 0 Å². The van der Waals surface area contributed by atoms with Gasteiger partial charge in [-0.2, -0.15) is 15.0 Å². The van der Waals surface area contributed by atoms with Crippen molar-refractivity contribution in [3.63, 3.8) is 0 Å². The molecule has 2 aromatic rings. The normalized spacial score (nSPS) is 10.2. The molecule has 4 nitrogen and oxygen atoms in total. The van der Waals surface area contributed by atoms with E-state index in [0.717, 1.165) is 37.3 Å². The lowest BCUT2D eigenvalue weighted by Crippen LogP contribution is -2.15. The number of benzene rings is 1. The number of unbranched alkanes of at least 4 members (excludes halogenated alkanes) is 1. The zero-order valence-corrected chi connectivity index (χ0v) is 10.2. The lowest BCUT2D eigenvalue weighted by Gasteiger charge is -2.00. The van der Waals surface area contributed by atoms with Gasteiger partial charge in [-0.1, -0.05) is 18.2 Å². The Morgan fingerprint density at radius 3 is 2.89 bits per heavy atom. The molecule has 0 aliphatic rings. The van der Waals surface area contributed by atoms with E-state index in [9.17, 15) is 0 Å². The number of terminal acetylenes is 1. The molecule has 0 radical (unpaired) electrons. The highest BCUT2D eigenvalue weighted by Crippen LogP contribution is 2.03. The lowest BCUT2D eigenvalue weighted by molar-refractivity contribution is 0.639. The van der Waals surface area contributed by atoms with Crippen molar-refractivity contribution in [3.8, 4) is 18.0 Å². The van der Waals surface area contributed by atoms with Crippen LogP contribution in [0.1, 0.15) is 18.5 Å². The number of nitrogens with one attached hydrogen (secondary N) is 1. The van der Waals surface area contributed by atoms with Crippen molar-refractivity contribution >= 4 is 0 Å². The van der Waals surface area contributed by atoms with Gasteiger partial charge in [0.25, 0.3) is 0 Å². The topological polar surface area (TPSA) is 42.7 Å². The zero-order chi connectivity index (χ0) is 12.6. The molecule has 1 N–H and O–H groups in total. The molecule has 0 amide bonds. The second-order valence-electron chi connectivity index (χ2n) is 3.95. The van der Waals surface area contributed by atoms with Crippen LogP contribution >= 0.6 is 0 Å². The van der Waals surface area contributed by atoms with Gasteiger partial charge in [0.2, 0.25) is 0 Å². The summed E-state index contributed by atoms with van der Waals surface area (Å²) < 4.78 is 0. The van der Waals surface area contributed by atoms with Gasteiger partial charge in [0.15, 0.2) is 0 Å². The first kappa shape index (κ1) is 12.3. The van der Waals surface area contributed by atoms with Crippen LogP contribution < -0.4 is 5.32 Å². The quantitative estimate of drug-likeness (QED) is 0.618. The third kappa shape index (κ3) is 3.44. The summed E-state index contributed by atoms with van der Waals surface area (Å²) in [5, 5.41) is 11.9. The SMILES string of the molecule is C#CCCCNCc1cnn(-c2ccccc2)n1. The maximum Gasteiger partial charge on any atom is 0.0969 e. The smallest absolute Gasteiger partial charge is 0.0969 e. The van der Waals surface area contributed by atoms with Crippen molar-refractivity contribution in [2.75, 3.05) is 6.54 Å². The van der Waals surface area contributed by atoms with E-state index >= 15 is 0 Å². The Balaban J connectivity index is 1.86. The zero-order valence-electron chi connectivity index (χ0n) is 10.2. The van der Waals surface area contributed by atoms with Gasteiger partial charge in [0.1, 0.15) is 0 Å². The summed E-state index contributed by atoms with van der Waals surface area (Å²) in [7, 11) is 0. The van der Waals surface area contributed by atoms with Gasteiger partial charge in [-0.3, -0.25) is 0 Å². The van der Waals surface area contributed by atoms with Crippen LogP contribution in [0.4, 0.5) is 0 Å². The second-order valence-corrected chi connectivity index (χ2v) is 3.95. The highest BCUT2D eigenvalue weighted by Gasteiger charge is 2.01. The summed E-state index contributed by atoms with van der Waals surface area (Å²) in [6.07, 6.45) is 8.76. The molecule has 1 aromatic carbocycles. The molecule has 0 atom stereocenters. The van der Waals surface area contributed by atoms with Crippen LogP contribution in [0, 0.1) is 12.3 Å². The molecule has 1 heterocycles. The maximum atomic E-state index is 5.19. The van der Waals surface area contributed by atoms with Gasteiger partial charge in [0.05, 0.1) is 17.6 Å². The van der Waals surface area contributed by atoms with E-state index < -0.39 is 0 Å². The fourth-order valence-corrected chi connectivity index (χ4v) is 1.59. The molecular weight excluding hydrogens is 224 g/mol. The number of rotatable bonds is 6. The molecule has 92 valence electrons. The fourth-order valence-electron chi connectivity index (χ4n) is 1.59. The summed E-state index contributed by atoms with van der Waals surface area (Å²) >= 11 is 0. The standard InChI is InChI=1S/C14H16N4/c1-2-3-7-10-15-11-13-12-16-18(17-13)14-8-5-4-6-9-14/h1,4-6,8-9,12,15H,3,7,10-11H2. The number of nitrogens with zero attached hydrogens (tertiary/aromatic N) is 3. The molecule has 0 saturated heterocycles. The molecule has 0 aliphatic heterocycles. The minimum Gasteiger partial charge on any atom is -0.311 e. The largest absolute Gasteiger partial charge is 0.311 e. The summed E-state index contributed by atoms with van der Waals surface area (Å²) in [6, 6.07) is 9.86.